The second-order valence-corrected chi connectivity index (χ2v) is 6.93. The molecule has 0 aliphatic carbocycles. The molecule has 1 aliphatic rings. The van der Waals surface area contributed by atoms with Crippen LogP contribution >= 0.6 is 0 Å². The number of ether oxygens (including phenoxy) is 1. The van der Waals surface area contributed by atoms with Crippen LogP contribution in [0.15, 0.2) is 54.6 Å². The monoisotopic (exact) mass is 391 g/mol. The summed E-state index contributed by atoms with van der Waals surface area (Å²) in [4.78, 5) is 26.2. The minimum absolute atomic E-state index is 0.0130. The lowest BCUT2D eigenvalue weighted by molar-refractivity contribution is 0.0674. The van der Waals surface area contributed by atoms with Crippen molar-refractivity contribution in [2.45, 2.75) is 19.5 Å². The topological polar surface area (TPSA) is 84.7 Å². The molecule has 0 bridgehead atoms. The van der Waals surface area contributed by atoms with Crippen molar-refractivity contribution >= 4 is 11.9 Å². The van der Waals surface area contributed by atoms with Crippen molar-refractivity contribution < 1.29 is 19.4 Å². The van der Waals surface area contributed by atoms with E-state index in [2.05, 4.69) is 5.10 Å². The highest BCUT2D eigenvalue weighted by Crippen LogP contribution is 2.25. The Bertz CT molecular complexity index is 1040. The highest BCUT2D eigenvalue weighted by molar-refractivity contribution is 5.94. The molecule has 0 saturated carbocycles. The van der Waals surface area contributed by atoms with Gasteiger partial charge in [0.1, 0.15) is 5.75 Å². The van der Waals surface area contributed by atoms with Crippen molar-refractivity contribution in [3.63, 3.8) is 0 Å². The molecule has 1 N–H and O–H groups in total. The molecule has 0 saturated heterocycles. The van der Waals surface area contributed by atoms with Gasteiger partial charge in [-0.2, -0.15) is 5.10 Å². The maximum Gasteiger partial charge on any atom is 0.356 e. The molecule has 0 spiro atoms. The molecule has 1 aliphatic heterocycles. The van der Waals surface area contributed by atoms with Crippen LogP contribution in [0.2, 0.25) is 0 Å². The van der Waals surface area contributed by atoms with Gasteiger partial charge in [0.25, 0.3) is 5.91 Å². The van der Waals surface area contributed by atoms with Gasteiger partial charge in [0, 0.05) is 29.8 Å². The lowest BCUT2D eigenvalue weighted by Gasteiger charge is -2.28. The highest BCUT2D eigenvalue weighted by Gasteiger charge is 2.30. The molecule has 0 radical (unpaired) electrons. The number of rotatable bonds is 5. The van der Waals surface area contributed by atoms with Gasteiger partial charge >= 0.3 is 5.97 Å². The molecule has 0 unspecified atom stereocenters. The Hall–Kier alpha value is -3.61. The van der Waals surface area contributed by atoms with Crippen LogP contribution in [-0.4, -0.2) is 45.3 Å². The second kappa shape index (κ2) is 7.79. The molecule has 148 valence electrons. The summed E-state index contributed by atoms with van der Waals surface area (Å²) >= 11 is 0. The van der Waals surface area contributed by atoms with Crippen molar-refractivity contribution in [1.29, 1.82) is 0 Å². The third kappa shape index (κ3) is 3.71. The fraction of sp³-hybridized carbons (Fsp3) is 0.227. The van der Waals surface area contributed by atoms with Gasteiger partial charge in [-0.15, -0.1) is 0 Å². The van der Waals surface area contributed by atoms with E-state index >= 15 is 0 Å². The van der Waals surface area contributed by atoms with E-state index in [1.54, 1.807) is 28.8 Å². The van der Waals surface area contributed by atoms with Gasteiger partial charge in [0.15, 0.2) is 5.69 Å². The molecule has 7 heteroatoms. The maximum atomic E-state index is 12.8. The molecule has 2 aromatic carbocycles. The predicted molar refractivity (Wildman–Crippen MR) is 106 cm³/mol. The van der Waals surface area contributed by atoms with Crippen LogP contribution in [0.25, 0.3) is 0 Å². The number of nitrogens with zero attached hydrogens (tertiary/aromatic N) is 3. The number of carbonyl (C=O) groups excluding carboxylic acids is 1. The van der Waals surface area contributed by atoms with Crippen molar-refractivity contribution in [2.24, 2.45) is 0 Å². The number of hydrogen-bond donors (Lipinski definition) is 1. The van der Waals surface area contributed by atoms with E-state index in [0.29, 0.717) is 30.6 Å². The average Bonchev–Trinajstić information content (AvgIpc) is 3.12. The molecule has 0 fully saturated rings. The molecule has 1 aromatic heterocycles. The fourth-order valence-corrected chi connectivity index (χ4v) is 3.63. The molecule has 3 aromatic rings. The number of hydrogen-bond acceptors (Lipinski definition) is 4. The Labute approximate surface area is 168 Å². The van der Waals surface area contributed by atoms with E-state index in [1.807, 2.05) is 42.5 Å². The SMILES string of the molecule is COc1ccc(Cn2nc(C(=O)O)c3c2CCN(C(=O)c2ccccc2)C3)cc1. The Morgan fingerprint density at radius 1 is 1.10 bits per heavy atom. The summed E-state index contributed by atoms with van der Waals surface area (Å²) in [6, 6.07) is 16.6. The molecule has 1 amide bonds. The molecular weight excluding hydrogens is 370 g/mol. The number of aromatic nitrogens is 2. The first-order chi connectivity index (χ1) is 14.1. The zero-order valence-electron chi connectivity index (χ0n) is 16.0. The van der Waals surface area contributed by atoms with Crippen molar-refractivity contribution in [1.82, 2.24) is 14.7 Å². The summed E-state index contributed by atoms with van der Waals surface area (Å²) in [5.74, 6) is -0.420. The average molecular weight is 391 g/mol. The molecule has 4 rings (SSSR count). The molecule has 0 atom stereocenters. The summed E-state index contributed by atoms with van der Waals surface area (Å²) in [6.07, 6.45) is 0.560. The van der Waals surface area contributed by atoms with Crippen LogP contribution in [-0.2, 0) is 19.5 Å². The molecule has 29 heavy (non-hydrogen) atoms. The number of amides is 1. The van der Waals surface area contributed by atoms with Crippen molar-refractivity contribution in [3.8, 4) is 5.75 Å². The number of carbonyl (C=O) groups is 2. The van der Waals surface area contributed by atoms with E-state index in [0.717, 1.165) is 17.0 Å². The summed E-state index contributed by atoms with van der Waals surface area (Å²) in [7, 11) is 1.61. The van der Waals surface area contributed by atoms with Gasteiger partial charge in [-0.1, -0.05) is 30.3 Å². The summed E-state index contributed by atoms with van der Waals surface area (Å²) in [6.45, 7) is 1.23. The zero-order chi connectivity index (χ0) is 20.4. The van der Waals surface area contributed by atoms with Gasteiger partial charge in [0.2, 0.25) is 0 Å². The van der Waals surface area contributed by atoms with Gasteiger partial charge in [-0.25, -0.2) is 4.79 Å². The third-order valence-corrected chi connectivity index (χ3v) is 5.14. The summed E-state index contributed by atoms with van der Waals surface area (Å²) in [5.41, 5.74) is 3.09. The van der Waals surface area contributed by atoms with Crippen LogP contribution in [0.5, 0.6) is 5.75 Å². The highest BCUT2D eigenvalue weighted by atomic mass is 16.5. The minimum atomic E-state index is -1.08. The van der Waals surface area contributed by atoms with E-state index in [4.69, 9.17) is 4.74 Å². The Morgan fingerprint density at radius 2 is 1.83 bits per heavy atom. The van der Waals surface area contributed by atoms with Crippen LogP contribution in [0.4, 0.5) is 0 Å². The Balaban J connectivity index is 1.61. The fourth-order valence-electron chi connectivity index (χ4n) is 3.63. The standard InChI is InChI=1S/C22H21N3O4/c1-29-17-9-7-15(8-10-17)13-25-19-11-12-24(14-18(19)20(23-25)22(27)28)21(26)16-5-3-2-4-6-16/h2-10H,11-14H2,1H3,(H,27,28). The lowest BCUT2D eigenvalue weighted by Crippen LogP contribution is -2.36. The predicted octanol–water partition coefficient (Wildman–Crippen LogP) is 2.84. The van der Waals surface area contributed by atoms with Crippen molar-refractivity contribution in [2.75, 3.05) is 13.7 Å². The van der Waals surface area contributed by atoms with Gasteiger partial charge in [-0.05, 0) is 29.8 Å². The number of aromatic carboxylic acids is 1. The molecule has 2 heterocycles. The first-order valence-corrected chi connectivity index (χ1v) is 9.36. The van der Waals surface area contributed by atoms with Crippen LogP contribution < -0.4 is 4.74 Å². The minimum Gasteiger partial charge on any atom is -0.497 e. The number of carboxylic acids is 1. The summed E-state index contributed by atoms with van der Waals surface area (Å²) in [5, 5.41) is 14.0. The molecular formula is C22H21N3O4. The van der Waals surface area contributed by atoms with Crippen LogP contribution in [0.1, 0.15) is 37.7 Å². The van der Waals surface area contributed by atoms with E-state index in [9.17, 15) is 14.7 Å². The summed E-state index contributed by atoms with van der Waals surface area (Å²) < 4.78 is 6.92. The van der Waals surface area contributed by atoms with Crippen LogP contribution in [0, 0.1) is 0 Å². The quantitative estimate of drug-likeness (QED) is 0.723. The number of methoxy groups -OCH3 is 1. The van der Waals surface area contributed by atoms with E-state index < -0.39 is 5.97 Å². The smallest absolute Gasteiger partial charge is 0.356 e. The lowest BCUT2D eigenvalue weighted by atomic mass is 10.0. The van der Waals surface area contributed by atoms with E-state index in [1.165, 1.54) is 0 Å². The Kier molecular flexibility index (Phi) is 5.03. The van der Waals surface area contributed by atoms with E-state index in [-0.39, 0.29) is 18.1 Å². The number of fused-ring (bicyclic) bond motifs is 1. The number of benzene rings is 2. The van der Waals surface area contributed by atoms with Gasteiger partial charge in [0.05, 0.1) is 20.2 Å². The largest absolute Gasteiger partial charge is 0.497 e. The first-order valence-electron chi connectivity index (χ1n) is 9.36. The normalized spacial score (nSPS) is 13.1. The number of carboxylic acid groups (broad SMARTS) is 1. The third-order valence-electron chi connectivity index (χ3n) is 5.14. The maximum absolute atomic E-state index is 12.8. The Morgan fingerprint density at radius 3 is 2.48 bits per heavy atom. The van der Waals surface area contributed by atoms with Crippen molar-refractivity contribution in [3.05, 3.63) is 82.7 Å². The van der Waals surface area contributed by atoms with Gasteiger partial charge in [-0.3, -0.25) is 9.48 Å². The first kappa shape index (κ1) is 18.7. The van der Waals surface area contributed by atoms with Gasteiger partial charge < -0.3 is 14.7 Å². The zero-order valence-corrected chi connectivity index (χ0v) is 16.0. The van der Waals surface area contributed by atoms with Crippen LogP contribution in [0.3, 0.4) is 0 Å². The molecule has 7 nitrogen and oxygen atoms in total. The second-order valence-electron chi connectivity index (χ2n) is 6.93.